The minimum absolute atomic E-state index is 0.0645. The highest BCUT2D eigenvalue weighted by Crippen LogP contribution is 2.28. The lowest BCUT2D eigenvalue weighted by Crippen LogP contribution is -2.35. The lowest BCUT2D eigenvalue weighted by molar-refractivity contribution is -0.115. The molecule has 7 heteroatoms. The second kappa shape index (κ2) is 7.22. The molecule has 0 bridgehead atoms. The standard InChI is InChI=1S/C15H20N4O2S/c1-4-9(3)16-14(21)17-10-6-7-12-11(8-10)18-15(22-12)19-13(20)5-2/h6-9H,4-5H2,1-3H3,(H2,16,17,21)(H,18,19,20)/t9-/m0/s1. The zero-order valence-electron chi connectivity index (χ0n) is 12.9. The van der Waals surface area contributed by atoms with Gasteiger partial charge in [-0.25, -0.2) is 9.78 Å². The van der Waals surface area contributed by atoms with E-state index >= 15 is 0 Å². The van der Waals surface area contributed by atoms with Gasteiger partial charge in [0.2, 0.25) is 5.91 Å². The van der Waals surface area contributed by atoms with Crippen LogP contribution in [0.2, 0.25) is 0 Å². The Kier molecular flexibility index (Phi) is 5.32. The van der Waals surface area contributed by atoms with Crippen LogP contribution in [0, 0.1) is 0 Å². The number of anilines is 2. The smallest absolute Gasteiger partial charge is 0.319 e. The first-order chi connectivity index (χ1) is 10.5. The maximum atomic E-state index is 11.8. The molecule has 0 saturated carbocycles. The highest BCUT2D eigenvalue weighted by Gasteiger charge is 2.09. The third-order valence-corrected chi connectivity index (χ3v) is 4.15. The number of nitrogens with zero attached hydrogens (tertiary/aromatic N) is 1. The van der Waals surface area contributed by atoms with E-state index in [-0.39, 0.29) is 18.0 Å². The predicted octanol–water partition coefficient (Wildman–Crippen LogP) is 3.56. The van der Waals surface area contributed by atoms with Crippen LogP contribution >= 0.6 is 11.3 Å². The van der Waals surface area contributed by atoms with Crippen molar-refractivity contribution in [1.82, 2.24) is 10.3 Å². The molecular weight excluding hydrogens is 300 g/mol. The second-order valence-corrected chi connectivity index (χ2v) is 6.04. The molecule has 0 saturated heterocycles. The van der Waals surface area contributed by atoms with Gasteiger partial charge in [-0.2, -0.15) is 0 Å². The Labute approximate surface area is 133 Å². The van der Waals surface area contributed by atoms with Crippen LogP contribution in [0.3, 0.4) is 0 Å². The maximum absolute atomic E-state index is 11.8. The number of hydrogen-bond donors (Lipinski definition) is 3. The van der Waals surface area contributed by atoms with Crippen LogP contribution in [-0.2, 0) is 4.79 Å². The molecule has 0 aliphatic carbocycles. The Balaban J connectivity index is 2.09. The highest BCUT2D eigenvalue weighted by atomic mass is 32.1. The number of thiazole rings is 1. The van der Waals surface area contributed by atoms with Crippen molar-refractivity contribution in [2.24, 2.45) is 0 Å². The van der Waals surface area contributed by atoms with Crippen molar-refractivity contribution < 1.29 is 9.59 Å². The molecule has 2 aromatic rings. The molecule has 3 N–H and O–H groups in total. The van der Waals surface area contributed by atoms with Crippen LogP contribution < -0.4 is 16.0 Å². The molecule has 6 nitrogen and oxygen atoms in total. The summed E-state index contributed by atoms with van der Waals surface area (Å²) in [7, 11) is 0. The molecule has 0 radical (unpaired) electrons. The molecule has 1 aromatic heterocycles. The van der Waals surface area contributed by atoms with Crippen LogP contribution in [0.1, 0.15) is 33.6 Å². The second-order valence-electron chi connectivity index (χ2n) is 5.01. The Morgan fingerprint density at radius 2 is 2.05 bits per heavy atom. The number of amides is 3. The van der Waals surface area contributed by atoms with Gasteiger partial charge in [0, 0.05) is 18.2 Å². The van der Waals surface area contributed by atoms with Gasteiger partial charge in [0.25, 0.3) is 0 Å². The molecule has 0 aliphatic heterocycles. The first-order valence-electron chi connectivity index (χ1n) is 7.29. The third-order valence-electron chi connectivity index (χ3n) is 3.20. The molecule has 1 heterocycles. The lowest BCUT2D eigenvalue weighted by Gasteiger charge is -2.12. The normalized spacial score (nSPS) is 12.0. The molecule has 0 fully saturated rings. The Morgan fingerprint density at radius 1 is 1.27 bits per heavy atom. The molecule has 1 atom stereocenters. The Bertz CT molecular complexity index is 683. The number of rotatable bonds is 5. The number of carbonyl (C=O) groups is 2. The molecule has 0 spiro atoms. The molecule has 2 rings (SSSR count). The summed E-state index contributed by atoms with van der Waals surface area (Å²) < 4.78 is 0.958. The topological polar surface area (TPSA) is 83.1 Å². The average molecular weight is 320 g/mol. The van der Waals surface area contributed by atoms with Crippen molar-refractivity contribution in [3.05, 3.63) is 18.2 Å². The van der Waals surface area contributed by atoms with Crippen molar-refractivity contribution in [3.8, 4) is 0 Å². The number of aromatic nitrogens is 1. The van der Waals surface area contributed by atoms with E-state index in [9.17, 15) is 9.59 Å². The van der Waals surface area contributed by atoms with Gasteiger partial charge >= 0.3 is 6.03 Å². The van der Waals surface area contributed by atoms with Crippen molar-refractivity contribution in [2.45, 2.75) is 39.7 Å². The molecule has 0 unspecified atom stereocenters. The molecule has 22 heavy (non-hydrogen) atoms. The van der Waals surface area contributed by atoms with E-state index in [0.717, 1.165) is 16.6 Å². The van der Waals surface area contributed by atoms with Crippen molar-refractivity contribution in [3.63, 3.8) is 0 Å². The first kappa shape index (κ1) is 16.2. The van der Waals surface area contributed by atoms with Crippen LogP contribution in [0.25, 0.3) is 10.2 Å². The van der Waals surface area contributed by atoms with Gasteiger partial charge in [0.15, 0.2) is 5.13 Å². The summed E-state index contributed by atoms with van der Waals surface area (Å²) in [6.45, 7) is 5.75. The van der Waals surface area contributed by atoms with Gasteiger partial charge in [-0.3, -0.25) is 4.79 Å². The SMILES string of the molecule is CCC(=O)Nc1nc2cc(NC(=O)N[C@@H](C)CC)ccc2s1. The summed E-state index contributed by atoms with van der Waals surface area (Å²) in [5.41, 5.74) is 1.42. The molecule has 1 aromatic carbocycles. The highest BCUT2D eigenvalue weighted by molar-refractivity contribution is 7.22. The summed E-state index contributed by atoms with van der Waals surface area (Å²) in [6.07, 6.45) is 1.29. The van der Waals surface area contributed by atoms with E-state index in [4.69, 9.17) is 0 Å². The summed E-state index contributed by atoms with van der Waals surface area (Å²) in [6, 6.07) is 5.39. The van der Waals surface area contributed by atoms with Gasteiger partial charge < -0.3 is 16.0 Å². The number of benzene rings is 1. The molecule has 118 valence electrons. The van der Waals surface area contributed by atoms with E-state index in [1.54, 1.807) is 13.0 Å². The third kappa shape index (κ3) is 4.17. The van der Waals surface area contributed by atoms with Gasteiger partial charge in [-0.05, 0) is 31.5 Å². The fourth-order valence-electron chi connectivity index (χ4n) is 1.76. The number of hydrogen-bond acceptors (Lipinski definition) is 4. The largest absolute Gasteiger partial charge is 0.335 e. The van der Waals surface area contributed by atoms with Gasteiger partial charge in [0.1, 0.15) is 0 Å². The number of urea groups is 1. The van der Waals surface area contributed by atoms with Crippen LogP contribution in [-0.4, -0.2) is 23.0 Å². The van der Waals surface area contributed by atoms with Crippen LogP contribution in [0.15, 0.2) is 18.2 Å². The number of carbonyl (C=O) groups excluding carboxylic acids is 2. The maximum Gasteiger partial charge on any atom is 0.319 e. The zero-order valence-corrected chi connectivity index (χ0v) is 13.7. The fourth-order valence-corrected chi connectivity index (χ4v) is 2.62. The monoisotopic (exact) mass is 320 g/mol. The van der Waals surface area contributed by atoms with Crippen molar-refractivity contribution in [2.75, 3.05) is 10.6 Å². The summed E-state index contributed by atoms with van der Waals surface area (Å²) >= 11 is 1.41. The van der Waals surface area contributed by atoms with Crippen LogP contribution in [0.4, 0.5) is 15.6 Å². The lowest BCUT2D eigenvalue weighted by atomic mass is 10.2. The summed E-state index contributed by atoms with van der Waals surface area (Å²) in [4.78, 5) is 27.6. The summed E-state index contributed by atoms with van der Waals surface area (Å²) in [5.74, 6) is -0.0645. The van der Waals surface area contributed by atoms with E-state index in [2.05, 4.69) is 20.9 Å². The van der Waals surface area contributed by atoms with E-state index in [1.807, 2.05) is 26.0 Å². The molecule has 0 aliphatic rings. The van der Waals surface area contributed by atoms with Gasteiger partial charge in [-0.15, -0.1) is 0 Å². The Morgan fingerprint density at radius 3 is 2.73 bits per heavy atom. The van der Waals surface area contributed by atoms with Crippen molar-refractivity contribution in [1.29, 1.82) is 0 Å². The van der Waals surface area contributed by atoms with Gasteiger partial charge in [-0.1, -0.05) is 25.2 Å². The minimum atomic E-state index is -0.233. The zero-order chi connectivity index (χ0) is 16.1. The number of nitrogens with one attached hydrogen (secondary N) is 3. The van der Waals surface area contributed by atoms with E-state index in [0.29, 0.717) is 17.2 Å². The molecule has 3 amide bonds. The minimum Gasteiger partial charge on any atom is -0.335 e. The van der Waals surface area contributed by atoms with E-state index in [1.165, 1.54) is 11.3 Å². The fraction of sp³-hybridized carbons (Fsp3) is 0.400. The first-order valence-corrected chi connectivity index (χ1v) is 8.11. The summed E-state index contributed by atoms with van der Waals surface area (Å²) in [5, 5.41) is 8.94. The van der Waals surface area contributed by atoms with Crippen LogP contribution in [0.5, 0.6) is 0 Å². The predicted molar refractivity (Wildman–Crippen MR) is 90.4 cm³/mol. The average Bonchev–Trinajstić information content (AvgIpc) is 2.88. The quantitative estimate of drug-likeness (QED) is 0.787. The van der Waals surface area contributed by atoms with Crippen molar-refractivity contribution >= 4 is 44.3 Å². The molecular formula is C15H20N4O2S. The number of fused-ring (bicyclic) bond motifs is 1. The Hall–Kier alpha value is -2.15. The van der Waals surface area contributed by atoms with Gasteiger partial charge in [0.05, 0.1) is 10.2 Å². The van der Waals surface area contributed by atoms with E-state index < -0.39 is 0 Å².